The summed E-state index contributed by atoms with van der Waals surface area (Å²) in [4.78, 5) is 11.9. The number of ether oxygens (including phenoxy) is 2. The molecule has 0 aliphatic heterocycles. The molecule has 0 aliphatic rings. The van der Waals surface area contributed by atoms with Gasteiger partial charge in [0.15, 0.2) is 11.5 Å². The maximum atomic E-state index is 12.0. The maximum absolute atomic E-state index is 12.0. The number of benzene rings is 1. The third kappa shape index (κ3) is 6.37. The molecule has 0 spiro atoms. The van der Waals surface area contributed by atoms with Crippen LogP contribution in [0.3, 0.4) is 0 Å². The zero-order valence-corrected chi connectivity index (χ0v) is 15.5. The summed E-state index contributed by atoms with van der Waals surface area (Å²) in [6.07, 6.45) is 2.91. The fraction of sp³-hybridized carbons (Fsp3) is 0.562. The van der Waals surface area contributed by atoms with Crippen molar-refractivity contribution in [3.8, 4) is 11.5 Å². The van der Waals surface area contributed by atoms with Crippen LogP contribution < -0.4 is 14.8 Å². The van der Waals surface area contributed by atoms with Gasteiger partial charge in [0.25, 0.3) is 0 Å². The second-order valence-electron chi connectivity index (χ2n) is 5.42. The Labute approximate surface area is 144 Å². The third-order valence-electron chi connectivity index (χ3n) is 3.45. The first-order chi connectivity index (χ1) is 11.3. The maximum Gasteiger partial charge on any atom is 0.235 e. The summed E-state index contributed by atoms with van der Waals surface area (Å²) in [6.45, 7) is 2.44. The van der Waals surface area contributed by atoms with E-state index in [-0.39, 0.29) is 19.0 Å². The van der Waals surface area contributed by atoms with E-state index in [4.69, 9.17) is 9.47 Å². The van der Waals surface area contributed by atoms with Gasteiger partial charge >= 0.3 is 0 Å². The lowest BCUT2D eigenvalue weighted by Gasteiger charge is -2.20. The average molecular weight is 358 g/mol. The van der Waals surface area contributed by atoms with Crippen molar-refractivity contribution in [3.05, 3.63) is 23.8 Å². The van der Waals surface area contributed by atoms with Gasteiger partial charge in [0, 0.05) is 13.1 Å². The molecule has 0 bridgehead atoms. The average Bonchev–Trinajstić information content (AvgIpc) is 2.53. The van der Waals surface area contributed by atoms with Crippen molar-refractivity contribution >= 4 is 15.9 Å². The molecule has 0 fully saturated rings. The topological polar surface area (TPSA) is 84.9 Å². The lowest BCUT2D eigenvalue weighted by molar-refractivity contribution is -0.121. The van der Waals surface area contributed by atoms with Gasteiger partial charge < -0.3 is 14.8 Å². The molecule has 0 saturated heterocycles. The first-order valence-electron chi connectivity index (χ1n) is 7.74. The SMILES string of the molecule is CCCCNC(=O)CN(Cc1ccc(OC)c(OC)c1)S(C)(=O)=O. The summed E-state index contributed by atoms with van der Waals surface area (Å²) in [7, 11) is -0.484. The number of carbonyl (C=O) groups excluding carboxylic acids is 1. The molecule has 8 heteroatoms. The first kappa shape index (κ1) is 20.2. The molecule has 0 aliphatic carbocycles. The van der Waals surface area contributed by atoms with E-state index in [1.54, 1.807) is 18.2 Å². The van der Waals surface area contributed by atoms with Gasteiger partial charge in [-0.3, -0.25) is 4.79 Å². The Morgan fingerprint density at radius 1 is 1.21 bits per heavy atom. The highest BCUT2D eigenvalue weighted by atomic mass is 32.2. The molecule has 1 rings (SSSR count). The van der Waals surface area contributed by atoms with Crippen molar-refractivity contribution in [2.45, 2.75) is 26.3 Å². The van der Waals surface area contributed by atoms with Gasteiger partial charge in [-0.2, -0.15) is 4.31 Å². The number of sulfonamides is 1. The van der Waals surface area contributed by atoms with Crippen LogP contribution in [0.15, 0.2) is 18.2 Å². The van der Waals surface area contributed by atoms with Crippen molar-refractivity contribution in [2.75, 3.05) is 33.6 Å². The lowest BCUT2D eigenvalue weighted by Crippen LogP contribution is -2.40. The molecule has 1 aromatic rings. The van der Waals surface area contributed by atoms with Crippen molar-refractivity contribution in [2.24, 2.45) is 0 Å². The van der Waals surface area contributed by atoms with Crippen molar-refractivity contribution < 1.29 is 22.7 Å². The van der Waals surface area contributed by atoms with Crippen LogP contribution in [-0.4, -0.2) is 52.2 Å². The summed E-state index contributed by atoms with van der Waals surface area (Å²) < 4.78 is 35.5. The van der Waals surface area contributed by atoms with Gasteiger partial charge in [-0.05, 0) is 24.1 Å². The van der Waals surface area contributed by atoms with Crippen LogP contribution in [0, 0.1) is 0 Å². The number of nitrogens with zero attached hydrogens (tertiary/aromatic N) is 1. The summed E-state index contributed by atoms with van der Waals surface area (Å²) in [5.74, 6) is 0.759. The van der Waals surface area contributed by atoms with Crippen LogP contribution in [0.25, 0.3) is 0 Å². The van der Waals surface area contributed by atoms with Crippen LogP contribution in [0.1, 0.15) is 25.3 Å². The summed E-state index contributed by atoms with van der Waals surface area (Å²) in [5.41, 5.74) is 0.708. The molecule has 136 valence electrons. The first-order valence-corrected chi connectivity index (χ1v) is 9.59. The number of methoxy groups -OCH3 is 2. The highest BCUT2D eigenvalue weighted by Gasteiger charge is 2.21. The summed E-state index contributed by atoms with van der Waals surface area (Å²) in [5, 5.41) is 2.72. The van der Waals surface area contributed by atoms with Gasteiger partial charge in [-0.15, -0.1) is 0 Å². The van der Waals surface area contributed by atoms with Gasteiger partial charge in [0.05, 0.1) is 27.0 Å². The van der Waals surface area contributed by atoms with Crippen LogP contribution >= 0.6 is 0 Å². The number of hydrogen-bond donors (Lipinski definition) is 1. The van der Waals surface area contributed by atoms with Crippen molar-refractivity contribution in [1.29, 1.82) is 0 Å². The lowest BCUT2D eigenvalue weighted by atomic mass is 10.2. The number of unbranched alkanes of at least 4 members (excludes halogenated alkanes) is 1. The van der Waals surface area contributed by atoms with E-state index in [0.29, 0.717) is 23.6 Å². The molecule has 0 unspecified atom stereocenters. The van der Waals surface area contributed by atoms with E-state index in [1.807, 2.05) is 6.92 Å². The minimum atomic E-state index is -3.52. The predicted octanol–water partition coefficient (Wildman–Crippen LogP) is 1.38. The van der Waals surface area contributed by atoms with E-state index in [0.717, 1.165) is 23.4 Å². The molecule has 0 saturated carbocycles. The molecule has 1 aromatic carbocycles. The molecule has 24 heavy (non-hydrogen) atoms. The van der Waals surface area contributed by atoms with Gasteiger partial charge in [0.2, 0.25) is 15.9 Å². The summed E-state index contributed by atoms with van der Waals surface area (Å²) >= 11 is 0. The number of amides is 1. The van der Waals surface area contributed by atoms with E-state index in [1.165, 1.54) is 14.2 Å². The zero-order valence-electron chi connectivity index (χ0n) is 14.7. The predicted molar refractivity (Wildman–Crippen MR) is 92.7 cm³/mol. The molecule has 1 amide bonds. The number of nitrogens with one attached hydrogen (secondary N) is 1. The zero-order chi connectivity index (χ0) is 18.2. The van der Waals surface area contributed by atoms with E-state index < -0.39 is 10.0 Å². The fourth-order valence-corrected chi connectivity index (χ4v) is 2.83. The third-order valence-corrected chi connectivity index (χ3v) is 4.64. The smallest absolute Gasteiger partial charge is 0.235 e. The molecule has 0 atom stereocenters. The quantitative estimate of drug-likeness (QED) is 0.639. The molecule has 0 heterocycles. The molecule has 0 radical (unpaired) electrons. The standard InChI is InChI=1S/C16H26N2O5S/c1-5-6-9-17-16(19)12-18(24(4,20)21)11-13-7-8-14(22-2)15(10-13)23-3/h7-8,10H,5-6,9,11-12H2,1-4H3,(H,17,19). The Hall–Kier alpha value is -1.80. The Morgan fingerprint density at radius 2 is 1.88 bits per heavy atom. The van der Waals surface area contributed by atoms with Crippen LogP contribution in [-0.2, 0) is 21.4 Å². The number of carbonyl (C=O) groups is 1. The fourth-order valence-electron chi connectivity index (χ4n) is 2.09. The molecule has 0 aromatic heterocycles. The molecular formula is C16H26N2O5S. The Bertz CT molecular complexity index is 646. The Morgan fingerprint density at radius 3 is 2.42 bits per heavy atom. The minimum Gasteiger partial charge on any atom is -0.493 e. The largest absolute Gasteiger partial charge is 0.493 e. The van der Waals surface area contributed by atoms with E-state index in [9.17, 15) is 13.2 Å². The summed E-state index contributed by atoms with van der Waals surface area (Å²) in [6, 6.07) is 5.15. The van der Waals surface area contributed by atoms with Gasteiger partial charge in [-0.1, -0.05) is 19.4 Å². The van der Waals surface area contributed by atoms with Crippen LogP contribution in [0.4, 0.5) is 0 Å². The molecule has 7 nitrogen and oxygen atoms in total. The molecular weight excluding hydrogens is 332 g/mol. The highest BCUT2D eigenvalue weighted by molar-refractivity contribution is 7.88. The number of rotatable bonds is 10. The second-order valence-corrected chi connectivity index (χ2v) is 7.41. The normalized spacial score (nSPS) is 11.4. The van der Waals surface area contributed by atoms with Gasteiger partial charge in [-0.25, -0.2) is 8.42 Å². The Kier molecular flexibility index (Phi) is 8.00. The Balaban J connectivity index is 2.86. The van der Waals surface area contributed by atoms with E-state index >= 15 is 0 Å². The molecule has 1 N–H and O–H groups in total. The monoisotopic (exact) mass is 358 g/mol. The second kappa shape index (κ2) is 9.48. The van der Waals surface area contributed by atoms with Crippen molar-refractivity contribution in [3.63, 3.8) is 0 Å². The number of hydrogen-bond acceptors (Lipinski definition) is 5. The van der Waals surface area contributed by atoms with E-state index in [2.05, 4.69) is 5.32 Å². The van der Waals surface area contributed by atoms with Crippen LogP contribution in [0.2, 0.25) is 0 Å². The highest BCUT2D eigenvalue weighted by Crippen LogP contribution is 2.28. The minimum absolute atomic E-state index is 0.0837. The van der Waals surface area contributed by atoms with Crippen LogP contribution in [0.5, 0.6) is 11.5 Å². The van der Waals surface area contributed by atoms with Gasteiger partial charge in [0.1, 0.15) is 0 Å². The van der Waals surface area contributed by atoms with Crippen molar-refractivity contribution in [1.82, 2.24) is 9.62 Å².